The molecule has 1 atom stereocenters. The molecule has 146 valence electrons. The normalized spacial score (nSPS) is 11.8. The number of rotatable bonds is 7. The van der Waals surface area contributed by atoms with Crippen molar-refractivity contribution in [1.82, 2.24) is 9.88 Å². The van der Waals surface area contributed by atoms with E-state index in [0.717, 1.165) is 15.2 Å². The number of likely N-dealkylation sites (N-methyl/N-ethyl adjacent to an activating group) is 1. The average molecular weight is 401 g/mol. The summed E-state index contributed by atoms with van der Waals surface area (Å²) in [6.07, 6.45) is 0. The minimum Gasteiger partial charge on any atom is -0.493 e. The van der Waals surface area contributed by atoms with Gasteiger partial charge >= 0.3 is 0 Å². The minimum atomic E-state index is -0.532. The van der Waals surface area contributed by atoms with Gasteiger partial charge in [-0.2, -0.15) is 0 Å². The number of hydrogen-bond donors (Lipinski definition) is 0. The fraction of sp³-hybridized carbons (Fsp3) is 0.263. The molecule has 0 aliphatic heterocycles. The van der Waals surface area contributed by atoms with Gasteiger partial charge in [-0.15, -0.1) is 11.3 Å². The van der Waals surface area contributed by atoms with Crippen LogP contribution in [0.1, 0.15) is 18.0 Å². The van der Waals surface area contributed by atoms with Crippen LogP contribution in [0.2, 0.25) is 0 Å². The molecular weight excluding hydrogens is 382 g/mol. The molecule has 0 saturated carbocycles. The number of nitro groups is 1. The summed E-state index contributed by atoms with van der Waals surface area (Å²) in [6.45, 7) is 1.62. The second-order valence-electron chi connectivity index (χ2n) is 6.08. The number of amides is 1. The summed E-state index contributed by atoms with van der Waals surface area (Å²) in [5.41, 5.74) is 0.757. The number of ether oxygens (including phenoxy) is 2. The molecule has 0 unspecified atom stereocenters. The van der Waals surface area contributed by atoms with E-state index < -0.39 is 4.92 Å². The van der Waals surface area contributed by atoms with E-state index in [9.17, 15) is 14.9 Å². The third-order valence-corrected chi connectivity index (χ3v) is 5.56. The Balaban J connectivity index is 1.70. The van der Waals surface area contributed by atoms with Crippen molar-refractivity contribution in [3.8, 4) is 11.5 Å². The molecule has 9 heteroatoms. The molecule has 0 saturated heterocycles. The van der Waals surface area contributed by atoms with Crippen molar-refractivity contribution >= 4 is 33.1 Å². The van der Waals surface area contributed by atoms with Crippen molar-refractivity contribution in [3.05, 3.63) is 57.6 Å². The summed E-state index contributed by atoms with van der Waals surface area (Å²) in [5.74, 6) is 0.187. The highest BCUT2D eigenvalue weighted by Gasteiger charge is 2.22. The zero-order chi connectivity index (χ0) is 20.3. The standard InChI is InChI=1S/C19H19N3O5S/c1-12(19-20-14-6-4-5-7-17(14)28-19)21(2)18(23)11-27-16-10-13(22(24)25)8-9-15(16)26-3/h4-10,12H,11H2,1-3H3/t12-/m1/s1. The summed E-state index contributed by atoms with van der Waals surface area (Å²) in [4.78, 5) is 29.1. The minimum absolute atomic E-state index is 0.139. The summed E-state index contributed by atoms with van der Waals surface area (Å²) in [6, 6.07) is 11.5. The summed E-state index contributed by atoms with van der Waals surface area (Å²) in [7, 11) is 3.10. The number of para-hydroxylation sites is 1. The predicted octanol–water partition coefficient (Wildman–Crippen LogP) is 3.81. The molecular formula is C19H19N3O5S. The van der Waals surface area contributed by atoms with Gasteiger partial charge in [0, 0.05) is 13.1 Å². The van der Waals surface area contributed by atoms with E-state index in [1.54, 1.807) is 11.9 Å². The number of aromatic nitrogens is 1. The molecule has 3 aromatic rings. The Morgan fingerprint density at radius 1 is 1.29 bits per heavy atom. The molecule has 2 aromatic carbocycles. The third-order valence-electron chi connectivity index (χ3n) is 4.35. The van der Waals surface area contributed by atoms with Gasteiger partial charge in [0.05, 0.1) is 34.4 Å². The fourth-order valence-electron chi connectivity index (χ4n) is 2.58. The molecule has 28 heavy (non-hydrogen) atoms. The zero-order valence-corrected chi connectivity index (χ0v) is 16.4. The first-order valence-corrected chi connectivity index (χ1v) is 9.28. The van der Waals surface area contributed by atoms with Gasteiger partial charge in [0.25, 0.3) is 11.6 Å². The van der Waals surface area contributed by atoms with Crippen LogP contribution in [0.3, 0.4) is 0 Å². The van der Waals surface area contributed by atoms with Crippen molar-refractivity contribution in [2.75, 3.05) is 20.8 Å². The highest BCUT2D eigenvalue weighted by Crippen LogP contribution is 2.32. The van der Waals surface area contributed by atoms with E-state index in [0.29, 0.717) is 5.75 Å². The van der Waals surface area contributed by atoms with Crippen LogP contribution in [0, 0.1) is 10.1 Å². The lowest BCUT2D eigenvalue weighted by Crippen LogP contribution is -2.33. The van der Waals surface area contributed by atoms with Crippen LogP contribution in [0.15, 0.2) is 42.5 Å². The number of nitrogens with zero attached hydrogens (tertiary/aromatic N) is 3. The van der Waals surface area contributed by atoms with E-state index in [-0.39, 0.29) is 30.0 Å². The Bertz CT molecular complexity index is 987. The maximum atomic E-state index is 12.6. The highest BCUT2D eigenvalue weighted by molar-refractivity contribution is 7.18. The zero-order valence-electron chi connectivity index (χ0n) is 15.6. The molecule has 0 aliphatic rings. The maximum Gasteiger partial charge on any atom is 0.273 e. The largest absolute Gasteiger partial charge is 0.493 e. The predicted molar refractivity (Wildman–Crippen MR) is 106 cm³/mol. The van der Waals surface area contributed by atoms with Gasteiger partial charge in [0.2, 0.25) is 0 Å². The summed E-state index contributed by atoms with van der Waals surface area (Å²) < 4.78 is 11.7. The van der Waals surface area contributed by atoms with Gasteiger partial charge in [0.15, 0.2) is 18.1 Å². The number of carbonyl (C=O) groups excluding carboxylic acids is 1. The van der Waals surface area contributed by atoms with Crippen LogP contribution in [0.25, 0.3) is 10.2 Å². The van der Waals surface area contributed by atoms with Crippen LogP contribution in [0.5, 0.6) is 11.5 Å². The molecule has 0 spiro atoms. The second kappa shape index (κ2) is 8.22. The summed E-state index contributed by atoms with van der Waals surface area (Å²) in [5, 5.41) is 11.8. The Morgan fingerprint density at radius 3 is 2.71 bits per heavy atom. The molecule has 1 heterocycles. The number of fused-ring (bicyclic) bond motifs is 1. The van der Waals surface area contributed by atoms with Gasteiger partial charge < -0.3 is 14.4 Å². The van der Waals surface area contributed by atoms with E-state index >= 15 is 0 Å². The molecule has 0 aliphatic carbocycles. The SMILES string of the molecule is COc1ccc([N+](=O)[O-])cc1OCC(=O)N(C)[C@H](C)c1nc2ccccc2s1. The van der Waals surface area contributed by atoms with E-state index in [4.69, 9.17) is 9.47 Å². The number of nitro benzene ring substituents is 1. The number of hydrogen-bond acceptors (Lipinski definition) is 7. The molecule has 0 bridgehead atoms. The number of methoxy groups -OCH3 is 1. The first kappa shape index (κ1) is 19.6. The van der Waals surface area contributed by atoms with E-state index in [1.165, 1.54) is 36.6 Å². The Labute approximate surface area is 165 Å². The lowest BCUT2D eigenvalue weighted by molar-refractivity contribution is -0.385. The molecule has 0 radical (unpaired) electrons. The number of carbonyl (C=O) groups is 1. The van der Waals surface area contributed by atoms with Crippen LogP contribution in [-0.4, -0.2) is 41.5 Å². The van der Waals surface area contributed by atoms with E-state index in [2.05, 4.69) is 4.98 Å². The molecule has 8 nitrogen and oxygen atoms in total. The molecule has 1 amide bonds. The third kappa shape index (κ3) is 4.04. The van der Waals surface area contributed by atoms with Crippen molar-refractivity contribution < 1.29 is 19.2 Å². The fourth-order valence-corrected chi connectivity index (χ4v) is 3.65. The van der Waals surface area contributed by atoms with Crippen molar-refractivity contribution in [2.45, 2.75) is 13.0 Å². The molecule has 0 fully saturated rings. The van der Waals surface area contributed by atoms with Crippen LogP contribution in [0.4, 0.5) is 5.69 Å². The molecule has 0 N–H and O–H groups in total. The number of thiazole rings is 1. The van der Waals surface area contributed by atoms with Crippen LogP contribution in [-0.2, 0) is 4.79 Å². The number of non-ortho nitro benzene ring substituents is 1. The first-order valence-electron chi connectivity index (χ1n) is 8.47. The van der Waals surface area contributed by atoms with Gasteiger partial charge in [0.1, 0.15) is 5.01 Å². The topological polar surface area (TPSA) is 94.8 Å². The van der Waals surface area contributed by atoms with Gasteiger partial charge in [-0.1, -0.05) is 12.1 Å². The maximum absolute atomic E-state index is 12.6. The smallest absolute Gasteiger partial charge is 0.273 e. The lowest BCUT2D eigenvalue weighted by atomic mass is 10.3. The van der Waals surface area contributed by atoms with E-state index in [1.807, 2.05) is 31.2 Å². The lowest BCUT2D eigenvalue weighted by Gasteiger charge is -2.23. The number of benzene rings is 2. The first-order chi connectivity index (χ1) is 13.4. The monoisotopic (exact) mass is 401 g/mol. The van der Waals surface area contributed by atoms with Gasteiger partial charge in [-0.05, 0) is 25.1 Å². The average Bonchev–Trinajstić information content (AvgIpc) is 3.14. The highest BCUT2D eigenvalue weighted by atomic mass is 32.1. The van der Waals surface area contributed by atoms with Crippen molar-refractivity contribution in [2.24, 2.45) is 0 Å². The van der Waals surface area contributed by atoms with Crippen molar-refractivity contribution in [1.29, 1.82) is 0 Å². The van der Waals surface area contributed by atoms with Crippen LogP contribution >= 0.6 is 11.3 Å². The summed E-state index contributed by atoms with van der Waals surface area (Å²) >= 11 is 1.54. The Morgan fingerprint density at radius 2 is 2.04 bits per heavy atom. The van der Waals surface area contributed by atoms with Gasteiger partial charge in [-0.25, -0.2) is 4.98 Å². The Kier molecular flexibility index (Phi) is 5.74. The Hall–Kier alpha value is -3.20. The quantitative estimate of drug-likeness (QED) is 0.441. The molecule has 3 rings (SSSR count). The molecule has 1 aromatic heterocycles. The second-order valence-corrected chi connectivity index (χ2v) is 7.14. The van der Waals surface area contributed by atoms with Crippen LogP contribution < -0.4 is 9.47 Å². The van der Waals surface area contributed by atoms with Crippen molar-refractivity contribution in [3.63, 3.8) is 0 Å². The van der Waals surface area contributed by atoms with Gasteiger partial charge in [-0.3, -0.25) is 14.9 Å².